The molecule has 116 valence electrons. The molecular formula is C20H15N3O. The van der Waals surface area contributed by atoms with Crippen LogP contribution in [0.5, 0.6) is 0 Å². The smallest absolute Gasteiger partial charge is 0.306 e. The number of rotatable bonds is 2. The maximum Gasteiger partial charge on any atom is 0.347 e. The van der Waals surface area contributed by atoms with Crippen molar-refractivity contribution in [2.45, 2.75) is 0 Å². The van der Waals surface area contributed by atoms with Crippen LogP contribution in [0.4, 0.5) is 10.5 Å². The number of nitrogens with one attached hydrogen (secondary N) is 1. The van der Waals surface area contributed by atoms with E-state index >= 15 is 0 Å². The second kappa shape index (κ2) is 6.01. The Bertz CT molecular complexity index is 991. The van der Waals surface area contributed by atoms with Crippen LogP contribution in [0.15, 0.2) is 84.9 Å². The van der Waals surface area contributed by atoms with Gasteiger partial charge >= 0.3 is 6.03 Å². The predicted octanol–water partition coefficient (Wildman–Crippen LogP) is 4.78. The topological polar surface area (TPSA) is 46.9 Å². The Morgan fingerprint density at radius 1 is 0.792 bits per heavy atom. The Morgan fingerprint density at radius 3 is 2.17 bits per heavy atom. The first-order chi connectivity index (χ1) is 11.8. The van der Waals surface area contributed by atoms with Crippen LogP contribution in [0.2, 0.25) is 0 Å². The highest BCUT2D eigenvalue weighted by molar-refractivity contribution is 6.02. The highest BCUT2D eigenvalue weighted by Gasteiger charge is 2.16. The number of carbonyl (C=O) groups is 1. The van der Waals surface area contributed by atoms with Crippen molar-refractivity contribution in [2.75, 3.05) is 5.32 Å². The van der Waals surface area contributed by atoms with Crippen LogP contribution in [0.25, 0.3) is 22.2 Å². The number of aromatic nitrogens is 2. The number of fused-ring (bicyclic) bond motifs is 1. The summed E-state index contributed by atoms with van der Waals surface area (Å²) in [5, 5.41) is 8.39. The van der Waals surface area contributed by atoms with Crippen molar-refractivity contribution in [3.05, 3.63) is 84.9 Å². The maximum atomic E-state index is 12.7. The zero-order valence-corrected chi connectivity index (χ0v) is 12.9. The third-order valence-corrected chi connectivity index (χ3v) is 3.85. The largest absolute Gasteiger partial charge is 0.347 e. The molecule has 4 rings (SSSR count). The summed E-state index contributed by atoms with van der Waals surface area (Å²) in [6.45, 7) is 0. The molecule has 0 atom stereocenters. The first-order valence-electron chi connectivity index (χ1n) is 7.72. The molecule has 0 aliphatic heterocycles. The number of hydrogen-bond donors (Lipinski definition) is 1. The average Bonchev–Trinajstić information content (AvgIpc) is 3.03. The van der Waals surface area contributed by atoms with Gasteiger partial charge in [0, 0.05) is 16.6 Å². The molecule has 1 amide bonds. The van der Waals surface area contributed by atoms with Gasteiger partial charge < -0.3 is 5.32 Å². The molecule has 4 nitrogen and oxygen atoms in total. The van der Waals surface area contributed by atoms with Gasteiger partial charge in [0.25, 0.3) is 0 Å². The molecule has 0 aliphatic carbocycles. The van der Waals surface area contributed by atoms with Gasteiger partial charge in [-0.3, -0.25) is 0 Å². The highest BCUT2D eigenvalue weighted by atomic mass is 16.2. The van der Waals surface area contributed by atoms with Gasteiger partial charge in [0.15, 0.2) is 0 Å². The second-order valence-electron chi connectivity index (χ2n) is 5.44. The van der Waals surface area contributed by atoms with Crippen molar-refractivity contribution in [1.82, 2.24) is 9.78 Å². The molecule has 0 saturated carbocycles. The van der Waals surface area contributed by atoms with Crippen molar-refractivity contribution in [2.24, 2.45) is 0 Å². The summed E-state index contributed by atoms with van der Waals surface area (Å²) in [6.07, 6.45) is 0. The fourth-order valence-corrected chi connectivity index (χ4v) is 2.73. The molecule has 0 fully saturated rings. The van der Waals surface area contributed by atoms with E-state index in [9.17, 15) is 4.79 Å². The van der Waals surface area contributed by atoms with Gasteiger partial charge in [-0.15, -0.1) is 0 Å². The van der Waals surface area contributed by atoms with Crippen LogP contribution in [-0.4, -0.2) is 15.8 Å². The van der Waals surface area contributed by atoms with Gasteiger partial charge in [0.2, 0.25) is 0 Å². The Morgan fingerprint density at radius 2 is 1.42 bits per heavy atom. The minimum atomic E-state index is -0.278. The number of benzene rings is 3. The van der Waals surface area contributed by atoms with Crippen molar-refractivity contribution < 1.29 is 4.79 Å². The molecule has 0 spiro atoms. The minimum absolute atomic E-state index is 0.278. The van der Waals surface area contributed by atoms with E-state index in [4.69, 9.17) is 0 Å². The third-order valence-electron chi connectivity index (χ3n) is 3.85. The van der Waals surface area contributed by atoms with E-state index in [0.717, 1.165) is 27.8 Å². The van der Waals surface area contributed by atoms with Crippen LogP contribution in [0.1, 0.15) is 0 Å². The van der Waals surface area contributed by atoms with Crippen LogP contribution in [0, 0.1) is 0 Å². The first-order valence-corrected chi connectivity index (χ1v) is 7.72. The normalized spacial score (nSPS) is 10.7. The molecule has 3 aromatic carbocycles. The number of para-hydroxylation sites is 2. The number of hydrogen-bond acceptors (Lipinski definition) is 2. The minimum Gasteiger partial charge on any atom is -0.306 e. The standard InChI is InChI=1S/C20H15N3O/c24-20(21-16-11-5-2-6-12-16)23-18-14-8-7-13-17(18)19(22-23)15-9-3-1-4-10-15/h1-14H,(H,21,24). The second-order valence-corrected chi connectivity index (χ2v) is 5.44. The molecule has 0 unspecified atom stereocenters. The number of anilines is 1. The highest BCUT2D eigenvalue weighted by Crippen LogP contribution is 2.27. The lowest BCUT2D eigenvalue weighted by molar-refractivity contribution is 0.252. The zero-order chi connectivity index (χ0) is 16.4. The fraction of sp³-hybridized carbons (Fsp3) is 0. The van der Waals surface area contributed by atoms with Gasteiger partial charge in [0.05, 0.1) is 5.52 Å². The summed E-state index contributed by atoms with van der Waals surface area (Å²) in [7, 11) is 0. The SMILES string of the molecule is O=C(Nc1ccccc1)n1nc(-c2ccccc2)c2ccccc21. The summed E-state index contributed by atoms with van der Waals surface area (Å²) < 4.78 is 1.42. The molecule has 1 heterocycles. The average molecular weight is 313 g/mol. The molecule has 0 saturated heterocycles. The van der Waals surface area contributed by atoms with Crippen molar-refractivity contribution >= 4 is 22.6 Å². The zero-order valence-electron chi connectivity index (χ0n) is 12.9. The van der Waals surface area contributed by atoms with Gasteiger partial charge in [-0.2, -0.15) is 9.78 Å². The third kappa shape index (κ3) is 2.54. The quantitative estimate of drug-likeness (QED) is 0.578. The molecule has 4 aromatic rings. The van der Waals surface area contributed by atoms with Gasteiger partial charge in [-0.05, 0) is 18.2 Å². The van der Waals surface area contributed by atoms with E-state index in [1.54, 1.807) is 0 Å². The van der Waals surface area contributed by atoms with Crippen molar-refractivity contribution in [1.29, 1.82) is 0 Å². The summed E-state index contributed by atoms with van der Waals surface area (Å²) in [5.41, 5.74) is 3.31. The van der Waals surface area contributed by atoms with E-state index < -0.39 is 0 Å². The van der Waals surface area contributed by atoms with E-state index in [-0.39, 0.29) is 6.03 Å². The summed E-state index contributed by atoms with van der Waals surface area (Å²) in [4.78, 5) is 12.7. The van der Waals surface area contributed by atoms with Crippen molar-refractivity contribution in [3.8, 4) is 11.3 Å². The Kier molecular flexibility index (Phi) is 3.56. The van der Waals surface area contributed by atoms with Gasteiger partial charge in [-0.1, -0.05) is 66.7 Å². The Balaban J connectivity index is 1.80. The molecule has 0 bridgehead atoms. The van der Waals surface area contributed by atoms with E-state index in [2.05, 4.69) is 10.4 Å². The van der Waals surface area contributed by atoms with Gasteiger partial charge in [0.1, 0.15) is 5.69 Å². The molecule has 1 N–H and O–H groups in total. The van der Waals surface area contributed by atoms with Crippen molar-refractivity contribution in [3.63, 3.8) is 0 Å². The van der Waals surface area contributed by atoms with Crippen LogP contribution < -0.4 is 5.32 Å². The lowest BCUT2D eigenvalue weighted by Gasteiger charge is -2.05. The van der Waals surface area contributed by atoms with E-state index in [1.165, 1.54) is 4.68 Å². The number of carbonyl (C=O) groups excluding carboxylic acids is 1. The predicted molar refractivity (Wildman–Crippen MR) is 96.0 cm³/mol. The number of nitrogens with zero attached hydrogens (tertiary/aromatic N) is 2. The monoisotopic (exact) mass is 313 g/mol. The van der Waals surface area contributed by atoms with Crippen LogP contribution >= 0.6 is 0 Å². The molecular weight excluding hydrogens is 298 g/mol. The maximum absolute atomic E-state index is 12.7. The summed E-state index contributed by atoms with van der Waals surface area (Å²) in [6, 6.07) is 26.7. The van der Waals surface area contributed by atoms with E-state index in [1.807, 2.05) is 84.9 Å². The molecule has 0 aliphatic rings. The number of amides is 1. The molecule has 24 heavy (non-hydrogen) atoms. The molecule has 1 aromatic heterocycles. The summed E-state index contributed by atoms with van der Waals surface area (Å²) >= 11 is 0. The van der Waals surface area contributed by atoms with E-state index in [0.29, 0.717) is 0 Å². The fourth-order valence-electron chi connectivity index (χ4n) is 2.73. The first kappa shape index (κ1) is 14.2. The van der Waals surface area contributed by atoms with Crippen LogP contribution in [-0.2, 0) is 0 Å². The van der Waals surface area contributed by atoms with Crippen LogP contribution in [0.3, 0.4) is 0 Å². The summed E-state index contributed by atoms with van der Waals surface area (Å²) in [5.74, 6) is 0. The molecule has 4 heteroatoms. The lowest BCUT2D eigenvalue weighted by Crippen LogP contribution is -2.20. The molecule has 0 radical (unpaired) electrons. The Hall–Kier alpha value is -3.40. The Labute approximate surface area is 139 Å². The lowest BCUT2D eigenvalue weighted by atomic mass is 10.1. The van der Waals surface area contributed by atoms with Gasteiger partial charge in [-0.25, -0.2) is 4.79 Å².